The summed E-state index contributed by atoms with van der Waals surface area (Å²) in [6, 6.07) is 9.74. The zero-order valence-corrected chi connectivity index (χ0v) is 23.1. The predicted octanol–water partition coefficient (Wildman–Crippen LogP) is 2.83. The molecule has 0 bridgehead atoms. The highest BCUT2D eigenvalue weighted by Crippen LogP contribution is 2.45. The van der Waals surface area contributed by atoms with Gasteiger partial charge in [0.15, 0.2) is 0 Å². The zero-order valence-electron chi connectivity index (χ0n) is 22.3. The summed E-state index contributed by atoms with van der Waals surface area (Å²) in [6.07, 6.45) is 6.62. The van der Waals surface area contributed by atoms with Crippen molar-refractivity contribution >= 4 is 21.9 Å². The minimum atomic E-state index is -3.74. The lowest BCUT2D eigenvalue weighted by atomic mass is 9.69. The molecule has 0 amide bonds. The van der Waals surface area contributed by atoms with E-state index in [1.54, 1.807) is 29.6 Å². The fourth-order valence-electron chi connectivity index (χ4n) is 5.99. The summed E-state index contributed by atoms with van der Waals surface area (Å²) in [5, 5.41) is 4.58. The Morgan fingerprint density at radius 1 is 1.03 bits per heavy atom. The first-order valence-corrected chi connectivity index (χ1v) is 14.7. The highest BCUT2D eigenvalue weighted by molar-refractivity contribution is 7.89. The second kappa shape index (κ2) is 10.1. The van der Waals surface area contributed by atoms with Crippen LogP contribution < -0.4 is 4.90 Å². The maximum Gasteiger partial charge on any atom is 0.244 e. The SMILES string of the molecule is COC[C@]12Cc3cnn(-c4ccc(F)cc4)c3C=C1CCN(S(=O)(=O)c1ccc(N3CCN(C)CC3)nc1)C2. The number of piperazine rings is 1. The van der Waals surface area contributed by atoms with E-state index in [1.807, 2.05) is 16.9 Å². The number of pyridine rings is 1. The molecule has 0 spiro atoms. The topological polar surface area (TPSA) is 83.8 Å². The van der Waals surface area contributed by atoms with Gasteiger partial charge in [-0.2, -0.15) is 9.40 Å². The molecule has 2 aromatic heterocycles. The third-order valence-electron chi connectivity index (χ3n) is 8.19. The van der Waals surface area contributed by atoms with E-state index in [9.17, 15) is 12.8 Å². The fraction of sp³-hybridized carbons (Fsp3) is 0.429. The fourth-order valence-corrected chi connectivity index (χ4v) is 7.46. The molecule has 206 valence electrons. The molecule has 2 fully saturated rings. The lowest BCUT2D eigenvalue weighted by Crippen LogP contribution is -2.51. The molecule has 2 aliphatic heterocycles. The molecule has 0 unspecified atom stereocenters. The molecule has 6 rings (SSSR count). The van der Waals surface area contributed by atoms with Gasteiger partial charge in [-0.05, 0) is 67.9 Å². The summed E-state index contributed by atoms with van der Waals surface area (Å²) >= 11 is 0. The van der Waals surface area contributed by atoms with Gasteiger partial charge in [0.05, 0.1) is 24.2 Å². The van der Waals surface area contributed by atoms with Crippen molar-refractivity contribution in [3.05, 3.63) is 71.4 Å². The summed E-state index contributed by atoms with van der Waals surface area (Å²) in [6.45, 7) is 4.74. The number of piperidine rings is 1. The standard InChI is InChI=1S/C28H33FN6O3S/c1-32-11-13-33(14-12-32)27-8-7-25(18-30-27)39(36,37)34-10-9-22-15-26-21(16-28(22,19-34)20-38-2)17-31-35(26)24-5-3-23(29)4-6-24/h3-8,15,17-18H,9-14,16,19-20H2,1-2H3/t28-/m1/s1. The molecule has 11 heteroatoms. The summed E-state index contributed by atoms with van der Waals surface area (Å²) in [4.78, 5) is 9.19. The van der Waals surface area contributed by atoms with Gasteiger partial charge in [-0.3, -0.25) is 0 Å². The number of methoxy groups -OCH3 is 1. The van der Waals surface area contributed by atoms with Crippen LogP contribution in [0, 0.1) is 11.2 Å². The van der Waals surface area contributed by atoms with E-state index < -0.39 is 15.4 Å². The monoisotopic (exact) mass is 552 g/mol. The molecule has 3 aromatic rings. The average molecular weight is 553 g/mol. The number of hydrogen-bond acceptors (Lipinski definition) is 7. The molecule has 0 saturated carbocycles. The molecule has 1 aliphatic carbocycles. The lowest BCUT2D eigenvalue weighted by molar-refractivity contribution is 0.0733. The number of ether oxygens (including phenoxy) is 1. The van der Waals surface area contributed by atoms with Crippen LogP contribution in [0.3, 0.4) is 0 Å². The summed E-state index contributed by atoms with van der Waals surface area (Å²) in [5.74, 6) is 0.509. The summed E-state index contributed by atoms with van der Waals surface area (Å²) in [5.41, 5.74) is 3.40. The molecule has 39 heavy (non-hydrogen) atoms. The predicted molar refractivity (Wildman–Crippen MR) is 147 cm³/mol. The quantitative estimate of drug-likeness (QED) is 0.465. The smallest absolute Gasteiger partial charge is 0.244 e. The Balaban J connectivity index is 1.25. The van der Waals surface area contributed by atoms with Gasteiger partial charge in [0.25, 0.3) is 0 Å². The van der Waals surface area contributed by atoms with Gasteiger partial charge >= 0.3 is 0 Å². The molecule has 0 radical (unpaired) electrons. The number of benzene rings is 1. The molecular weight excluding hydrogens is 519 g/mol. The van der Waals surface area contributed by atoms with E-state index >= 15 is 0 Å². The van der Waals surface area contributed by atoms with Crippen molar-refractivity contribution in [2.45, 2.75) is 17.7 Å². The third-order valence-corrected chi connectivity index (χ3v) is 10.0. The first kappa shape index (κ1) is 26.1. The lowest BCUT2D eigenvalue weighted by Gasteiger charge is -2.45. The van der Waals surface area contributed by atoms with Crippen molar-refractivity contribution in [3.63, 3.8) is 0 Å². The minimum absolute atomic E-state index is 0.209. The van der Waals surface area contributed by atoms with Crippen LogP contribution in [-0.4, -0.2) is 92.4 Å². The van der Waals surface area contributed by atoms with E-state index in [-0.39, 0.29) is 10.7 Å². The number of likely N-dealkylation sites (N-methyl/N-ethyl adjacent to an activating group) is 1. The number of sulfonamides is 1. The number of nitrogens with zero attached hydrogens (tertiary/aromatic N) is 6. The van der Waals surface area contributed by atoms with Crippen molar-refractivity contribution in [3.8, 4) is 5.69 Å². The Bertz CT molecular complexity index is 1480. The van der Waals surface area contributed by atoms with Crippen LogP contribution in [0.15, 0.2) is 59.3 Å². The average Bonchev–Trinajstić information content (AvgIpc) is 3.34. The molecule has 2 saturated heterocycles. The number of fused-ring (bicyclic) bond motifs is 2. The Morgan fingerprint density at radius 2 is 1.79 bits per heavy atom. The van der Waals surface area contributed by atoms with Crippen LogP contribution in [0.5, 0.6) is 0 Å². The number of rotatable bonds is 6. The maximum absolute atomic E-state index is 13.8. The molecular formula is C28H33FN6O3S. The van der Waals surface area contributed by atoms with Gasteiger partial charge < -0.3 is 14.5 Å². The van der Waals surface area contributed by atoms with E-state index in [0.717, 1.165) is 54.5 Å². The second-order valence-corrected chi connectivity index (χ2v) is 12.7. The Labute approximate surface area is 228 Å². The number of halogens is 1. The molecule has 1 atom stereocenters. The third kappa shape index (κ3) is 4.77. The van der Waals surface area contributed by atoms with Crippen molar-refractivity contribution < 1.29 is 17.5 Å². The van der Waals surface area contributed by atoms with Gasteiger partial charge in [-0.25, -0.2) is 22.5 Å². The van der Waals surface area contributed by atoms with E-state index in [4.69, 9.17) is 4.74 Å². The van der Waals surface area contributed by atoms with Crippen molar-refractivity contribution in [2.75, 3.05) is 64.9 Å². The number of aromatic nitrogens is 3. The van der Waals surface area contributed by atoms with Crippen LogP contribution >= 0.6 is 0 Å². The van der Waals surface area contributed by atoms with Gasteiger partial charge in [0, 0.05) is 58.0 Å². The summed E-state index contributed by atoms with van der Waals surface area (Å²) < 4.78 is 50.1. The normalized spacial score (nSPS) is 22.3. The van der Waals surface area contributed by atoms with E-state index in [2.05, 4.69) is 33.0 Å². The second-order valence-electron chi connectivity index (χ2n) is 10.7. The molecule has 1 aromatic carbocycles. The van der Waals surface area contributed by atoms with Crippen molar-refractivity contribution in [1.29, 1.82) is 0 Å². The Morgan fingerprint density at radius 3 is 2.49 bits per heavy atom. The first-order valence-electron chi connectivity index (χ1n) is 13.2. The van der Waals surface area contributed by atoms with Crippen LogP contribution in [-0.2, 0) is 21.2 Å². The van der Waals surface area contributed by atoms with Crippen LogP contribution in [0.25, 0.3) is 11.8 Å². The molecule has 9 nitrogen and oxygen atoms in total. The first-order chi connectivity index (χ1) is 18.8. The largest absolute Gasteiger partial charge is 0.384 e. The van der Waals surface area contributed by atoms with Gasteiger partial charge in [-0.15, -0.1) is 0 Å². The summed E-state index contributed by atoms with van der Waals surface area (Å²) in [7, 11) is 0.00946. The zero-order chi connectivity index (χ0) is 27.2. The van der Waals surface area contributed by atoms with E-state index in [1.165, 1.54) is 18.3 Å². The van der Waals surface area contributed by atoms with Crippen LogP contribution in [0.2, 0.25) is 0 Å². The highest BCUT2D eigenvalue weighted by atomic mass is 32.2. The minimum Gasteiger partial charge on any atom is -0.384 e. The number of anilines is 1. The Hall–Kier alpha value is -3.12. The van der Waals surface area contributed by atoms with Gasteiger partial charge in [0.1, 0.15) is 16.5 Å². The van der Waals surface area contributed by atoms with Crippen LogP contribution in [0.4, 0.5) is 10.2 Å². The van der Waals surface area contributed by atoms with Crippen LogP contribution in [0.1, 0.15) is 17.7 Å². The number of hydrogen-bond donors (Lipinski definition) is 0. The molecule has 3 aliphatic rings. The highest BCUT2D eigenvalue weighted by Gasteiger charge is 2.46. The Kier molecular flexibility index (Phi) is 6.78. The van der Waals surface area contributed by atoms with Gasteiger partial charge in [-0.1, -0.05) is 5.57 Å². The van der Waals surface area contributed by atoms with E-state index in [0.29, 0.717) is 32.5 Å². The molecule has 0 N–H and O–H groups in total. The molecule has 4 heterocycles. The van der Waals surface area contributed by atoms with Crippen molar-refractivity contribution in [1.82, 2.24) is 24.0 Å². The van der Waals surface area contributed by atoms with Crippen molar-refractivity contribution in [2.24, 2.45) is 5.41 Å². The maximum atomic E-state index is 13.8. The van der Waals surface area contributed by atoms with Gasteiger partial charge in [0.2, 0.25) is 10.0 Å².